The Balaban J connectivity index is 1.89. The second kappa shape index (κ2) is 10.4. The van der Waals surface area contributed by atoms with E-state index in [2.05, 4.69) is 0 Å². The summed E-state index contributed by atoms with van der Waals surface area (Å²) in [6, 6.07) is 38.2. The van der Waals surface area contributed by atoms with E-state index in [-0.39, 0.29) is 26.0 Å². The van der Waals surface area contributed by atoms with Gasteiger partial charge in [-0.05, 0) is 0 Å². The summed E-state index contributed by atoms with van der Waals surface area (Å²) in [4.78, 5) is 18.1. The van der Waals surface area contributed by atoms with Crippen LogP contribution in [0.2, 0.25) is 0 Å². The molecule has 0 radical (unpaired) electrons. The molecule has 0 unspecified atom stereocenters. The number of aromatic nitrogens is 1. The monoisotopic (exact) mass is 522 g/mol. The van der Waals surface area contributed by atoms with Crippen LogP contribution in [0, 0.1) is 0 Å². The van der Waals surface area contributed by atoms with E-state index >= 15 is 0 Å². The molecule has 35 heavy (non-hydrogen) atoms. The predicted molar refractivity (Wildman–Crippen MR) is 140 cm³/mol. The minimum absolute atomic E-state index is 0.0806. The van der Waals surface area contributed by atoms with E-state index in [9.17, 15) is 9.90 Å². The van der Waals surface area contributed by atoms with Gasteiger partial charge in [-0.3, -0.25) is 0 Å². The average Bonchev–Trinajstić information content (AvgIpc) is 3.27. The van der Waals surface area contributed by atoms with Gasteiger partial charge in [0, 0.05) is 0 Å². The summed E-state index contributed by atoms with van der Waals surface area (Å²) in [6.07, 6.45) is 1.67. The van der Waals surface area contributed by atoms with Crippen LogP contribution in [0.5, 0.6) is 0 Å². The number of aliphatic hydroxyl groups is 1. The molecule has 0 fully saturated rings. The van der Waals surface area contributed by atoms with Gasteiger partial charge in [-0.25, -0.2) is 0 Å². The molecule has 0 saturated heterocycles. The number of ketones is 1. The van der Waals surface area contributed by atoms with E-state index in [1.165, 1.54) is 0 Å². The van der Waals surface area contributed by atoms with Crippen molar-refractivity contribution < 1.29 is 9.90 Å². The van der Waals surface area contributed by atoms with Gasteiger partial charge < -0.3 is 0 Å². The summed E-state index contributed by atoms with van der Waals surface area (Å²) in [5, 5.41) is 11.4. The van der Waals surface area contributed by atoms with Crippen molar-refractivity contribution in [3.63, 3.8) is 0 Å². The number of hydrogen-bond donors (Lipinski definition) is 1. The molecule has 4 nitrogen and oxygen atoms in total. The van der Waals surface area contributed by atoms with Gasteiger partial charge in [0.1, 0.15) is 0 Å². The fourth-order valence-corrected chi connectivity index (χ4v) is 6.04. The van der Waals surface area contributed by atoms with Crippen molar-refractivity contribution in [2.75, 3.05) is 0 Å². The summed E-state index contributed by atoms with van der Waals surface area (Å²) in [7, 11) is 0. The van der Waals surface area contributed by atoms with E-state index in [0.29, 0.717) is 16.6 Å². The van der Waals surface area contributed by atoms with Crippen molar-refractivity contribution in [1.29, 1.82) is 0 Å². The number of carbonyl (C=O) groups excluding carboxylic acids is 1. The number of benzene rings is 4. The van der Waals surface area contributed by atoms with Crippen LogP contribution in [0.25, 0.3) is 17.5 Å². The molecule has 4 aromatic carbocycles. The molecule has 0 saturated carbocycles. The number of rotatable bonds is 5. The normalized spacial score (nSPS) is 13.0. The SMILES string of the molecule is O=C(/C=c1\[se]/c(=C(/O)c2ccccc2)c(=Nc2ccccc2)n1-c1ccccc1)c1ccccc1. The second-order valence-electron chi connectivity index (χ2n) is 7.80. The second-order valence-corrected chi connectivity index (χ2v) is 9.96. The molecular weight excluding hydrogens is 499 g/mol. The molecule has 0 amide bonds. The topological polar surface area (TPSA) is 54.6 Å². The van der Waals surface area contributed by atoms with Gasteiger partial charge >= 0.3 is 209 Å². The zero-order valence-corrected chi connectivity index (χ0v) is 20.5. The molecule has 1 aromatic heterocycles. The van der Waals surface area contributed by atoms with Crippen LogP contribution in [0.3, 0.4) is 0 Å². The van der Waals surface area contributed by atoms with Crippen molar-refractivity contribution in [2.24, 2.45) is 4.99 Å². The zero-order chi connectivity index (χ0) is 24.0. The number of para-hydroxylation sites is 2. The predicted octanol–water partition coefficient (Wildman–Crippen LogP) is 4.14. The van der Waals surface area contributed by atoms with E-state index in [0.717, 1.165) is 19.7 Å². The third-order valence-corrected chi connectivity index (χ3v) is 7.71. The Morgan fingerprint density at radius 1 is 0.714 bits per heavy atom. The molecule has 0 aliphatic heterocycles. The van der Waals surface area contributed by atoms with E-state index in [1.807, 2.05) is 126 Å². The number of carbonyl (C=O) groups is 1. The number of Topliss-reactive ketones (excluding diaryl/α,β-unsaturated/α-hetero) is 1. The molecule has 170 valence electrons. The fraction of sp³-hybridized carbons (Fsp3) is 0. The summed E-state index contributed by atoms with van der Waals surface area (Å²) < 4.78 is 3.52. The number of aliphatic hydroxyl groups excluding tert-OH is 1. The first-order chi connectivity index (χ1) is 17.2. The van der Waals surface area contributed by atoms with Gasteiger partial charge in [-0.15, -0.1) is 0 Å². The summed E-state index contributed by atoms with van der Waals surface area (Å²) >= 11 is -0.367. The Morgan fingerprint density at radius 2 is 1.23 bits per heavy atom. The molecule has 1 N–H and O–H groups in total. The van der Waals surface area contributed by atoms with Crippen molar-refractivity contribution in [1.82, 2.24) is 4.57 Å². The van der Waals surface area contributed by atoms with Crippen molar-refractivity contribution >= 4 is 37.8 Å². The first kappa shape index (κ1) is 22.6. The minimum atomic E-state index is -0.367. The molecule has 0 bridgehead atoms. The van der Waals surface area contributed by atoms with Crippen molar-refractivity contribution in [3.05, 3.63) is 146 Å². The van der Waals surface area contributed by atoms with Crippen LogP contribution in [0.4, 0.5) is 5.69 Å². The summed E-state index contributed by atoms with van der Waals surface area (Å²) in [6.45, 7) is 0. The average molecular weight is 521 g/mol. The zero-order valence-electron chi connectivity index (χ0n) is 18.8. The third kappa shape index (κ3) is 5.02. The molecule has 0 spiro atoms. The Morgan fingerprint density at radius 3 is 1.83 bits per heavy atom. The number of hydrogen-bond acceptors (Lipinski definition) is 3. The van der Waals surface area contributed by atoms with Gasteiger partial charge in [-0.2, -0.15) is 0 Å². The van der Waals surface area contributed by atoms with E-state index < -0.39 is 0 Å². The quantitative estimate of drug-likeness (QED) is 0.279. The van der Waals surface area contributed by atoms with Crippen molar-refractivity contribution in [3.8, 4) is 5.69 Å². The van der Waals surface area contributed by atoms with Gasteiger partial charge in [0.05, 0.1) is 0 Å². The molecular formula is C30H22N2O2Se. The summed E-state index contributed by atoms with van der Waals surface area (Å²) in [5.41, 5.74) is 3.61. The first-order valence-electron chi connectivity index (χ1n) is 11.2. The van der Waals surface area contributed by atoms with Crippen molar-refractivity contribution in [2.45, 2.75) is 0 Å². The Labute approximate surface area is 208 Å². The Hall–Kier alpha value is -4.18. The molecule has 1 heterocycles. The number of nitrogens with zero attached hydrogens (tertiary/aromatic N) is 2. The molecule has 5 heteroatoms. The van der Waals surface area contributed by atoms with Crippen LogP contribution in [-0.2, 0) is 0 Å². The maximum absolute atomic E-state index is 13.2. The van der Waals surface area contributed by atoms with Crippen LogP contribution < -0.4 is 13.8 Å². The van der Waals surface area contributed by atoms with Gasteiger partial charge in [0.15, 0.2) is 0 Å². The van der Waals surface area contributed by atoms with Crippen LogP contribution in [0.15, 0.2) is 126 Å². The standard InChI is InChI=1S/C30H22N2O2Se/c33-26(22-13-5-1-6-14-22)21-27-32(25-19-11-4-12-20-25)30(31-24-17-9-3-10-18-24)29(35-27)28(34)23-15-7-2-8-16-23/h1-21,34H/b27-21-,29-28+,31-30?. The first-order valence-corrected chi connectivity index (χ1v) is 12.9. The fourth-order valence-electron chi connectivity index (χ4n) is 3.73. The van der Waals surface area contributed by atoms with Gasteiger partial charge in [0.25, 0.3) is 0 Å². The molecule has 0 aliphatic rings. The Kier molecular flexibility index (Phi) is 6.71. The van der Waals surface area contributed by atoms with Crippen LogP contribution >= 0.6 is 0 Å². The van der Waals surface area contributed by atoms with Gasteiger partial charge in [0.2, 0.25) is 0 Å². The van der Waals surface area contributed by atoms with E-state index in [1.54, 1.807) is 6.08 Å². The van der Waals surface area contributed by atoms with Crippen LogP contribution in [-0.4, -0.2) is 30.0 Å². The van der Waals surface area contributed by atoms with Crippen LogP contribution in [0.1, 0.15) is 15.9 Å². The molecule has 5 aromatic rings. The van der Waals surface area contributed by atoms with E-state index in [4.69, 9.17) is 4.99 Å². The molecule has 0 aliphatic carbocycles. The summed E-state index contributed by atoms with van der Waals surface area (Å²) in [5.74, 6) is 0.0969. The Bertz CT molecular complexity index is 1640. The maximum atomic E-state index is 13.2. The third-order valence-electron chi connectivity index (χ3n) is 5.42. The molecule has 5 rings (SSSR count). The van der Waals surface area contributed by atoms with Gasteiger partial charge in [-0.1, -0.05) is 0 Å². The molecule has 0 atom stereocenters.